The monoisotopic (exact) mass is 419 g/mol. The Morgan fingerprint density at radius 3 is 2.67 bits per heavy atom. The maximum atomic E-state index is 12.7. The molecule has 1 aliphatic heterocycles. The predicted octanol–water partition coefficient (Wildman–Crippen LogP) is 0.243. The van der Waals surface area contributed by atoms with Crippen LogP contribution < -0.4 is 10.5 Å². The second-order valence-electron chi connectivity index (χ2n) is 5.53. The first-order chi connectivity index (χ1) is 10.6. The summed E-state index contributed by atoms with van der Waals surface area (Å²) in [4.78, 5) is 0. The fourth-order valence-corrected chi connectivity index (χ4v) is 6.78. The summed E-state index contributed by atoms with van der Waals surface area (Å²) in [6, 6.07) is 0.999. The van der Waals surface area contributed by atoms with Crippen molar-refractivity contribution in [2.24, 2.45) is 5.14 Å². The van der Waals surface area contributed by atoms with Crippen molar-refractivity contribution < 1.29 is 21.9 Å². The standard InChI is InChI=1S/C12H21N3O5S3.ClH/c1-3-4-14-10-7-15(6-8(2)16)23(19,20)12-9(10)5-11(21-12)22(13,17)18;/h5,8,10,14,16H,3-4,6-7H2,1-2H3,(H2,13,17,18);1H. The summed E-state index contributed by atoms with van der Waals surface area (Å²) in [6.07, 6.45) is 0.0251. The summed E-state index contributed by atoms with van der Waals surface area (Å²) in [5.74, 6) is 0. The van der Waals surface area contributed by atoms with Gasteiger partial charge >= 0.3 is 0 Å². The van der Waals surface area contributed by atoms with Crippen LogP contribution >= 0.6 is 23.7 Å². The van der Waals surface area contributed by atoms with Gasteiger partial charge in [-0.1, -0.05) is 6.92 Å². The molecule has 12 heteroatoms. The van der Waals surface area contributed by atoms with Gasteiger partial charge in [0.1, 0.15) is 8.42 Å². The molecule has 1 aromatic heterocycles. The van der Waals surface area contributed by atoms with E-state index in [9.17, 15) is 21.9 Å². The highest BCUT2D eigenvalue weighted by Gasteiger charge is 2.40. The highest BCUT2D eigenvalue weighted by Crippen LogP contribution is 2.39. The minimum Gasteiger partial charge on any atom is -0.392 e. The first-order valence-corrected chi connectivity index (χ1v) is 11.0. The molecule has 1 aliphatic rings. The molecule has 2 atom stereocenters. The minimum atomic E-state index is -3.97. The van der Waals surface area contributed by atoms with Crippen molar-refractivity contribution in [1.29, 1.82) is 0 Å². The van der Waals surface area contributed by atoms with Crippen molar-refractivity contribution in [3.05, 3.63) is 11.6 Å². The van der Waals surface area contributed by atoms with E-state index in [0.717, 1.165) is 6.42 Å². The summed E-state index contributed by atoms with van der Waals surface area (Å²) < 4.78 is 49.4. The molecule has 140 valence electrons. The molecule has 0 saturated carbocycles. The number of primary sulfonamides is 1. The third-order valence-corrected chi connectivity index (χ3v) is 8.36. The van der Waals surface area contributed by atoms with Gasteiger partial charge in [-0.15, -0.1) is 23.7 Å². The van der Waals surface area contributed by atoms with Gasteiger partial charge in [0.15, 0.2) is 0 Å². The van der Waals surface area contributed by atoms with Gasteiger partial charge in [0.05, 0.1) is 6.10 Å². The van der Waals surface area contributed by atoms with Crippen LogP contribution in [0.15, 0.2) is 14.5 Å². The van der Waals surface area contributed by atoms with Crippen LogP contribution in [0.4, 0.5) is 0 Å². The zero-order valence-corrected chi connectivity index (χ0v) is 16.6. The third kappa shape index (κ3) is 4.47. The average molecular weight is 420 g/mol. The molecule has 0 fully saturated rings. The van der Waals surface area contributed by atoms with E-state index in [2.05, 4.69) is 5.32 Å². The Balaban J connectivity index is 0.00000288. The number of β-amino-alcohol motifs (C(OH)–C–C–N with tert-alkyl or cyclic N) is 1. The van der Waals surface area contributed by atoms with Crippen molar-refractivity contribution in [1.82, 2.24) is 9.62 Å². The first kappa shape index (κ1) is 21.8. The summed E-state index contributed by atoms with van der Waals surface area (Å²) in [6.45, 7) is 4.23. The lowest BCUT2D eigenvalue weighted by Crippen LogP contribution is -2.45. The Kier molecular flexibility index (Phi) is 7.22. The summed E-state index contributed by atoms with van der Waals surface area (Å²) in [7, 11) is -7.82. The van der Waals surface area contributed by atoms with E-state index in [1.54, 1.807) is 0 Å². The number of nitrogens with zero attached hydrogens (tertiary/aromatic N) is 1. The summed E-state index contributed by atoms with van der Waals surface area (Å²) in [5, 5.41) is 17.9. The Morgan fingerprint density at radius 1 is 1.54 bits per heavy atom. The van der Waals surface area contributed by atoms with Gasteiger partial charge in [-0.05, 0) is 26.0 Å². The summed E-state index contributed by atoms with van der Waals surface area (Å²) in [5.41, 5.74) is 0.425. The highest BCUT2D eigenvalue weighted by atomic mass is 35.5. The van der Waals surface area contributed by atoms with Crippen LogP contribution in [0.2, 0.25) is 0 Å². The zero-order chi connectivity index (χ0) is 17.4. The van der Waals surface area contributed by atoms with Crippen molar-refractivity contribution >= 4 is 43.8 Å². The topological polar surface area (TPSA) is 130 Å². The number of hydrogen-bond acceptors (Lipinski definition) is 7. The number of halogens is 1. The number of hydrogen-bond donors (Lipinski definition) is 3. The number of fused-ring (bicyclic) bond motifs is 1. The molecule has 24 heavy (non-hydrogen) atoms. The van der Waals surface area contributed by atoms with Crippen LogP contribution in [0.5, 0.6) is 0 Å². The lowest BCUT2D eigenvalue weighted by atomic mass is 10.1. The van der Waals surface area contributed by atoms with Crippen molar-refractivity contribution in [3.63, 3.8) is 0 Å². The lowest BCUT2D eigenvalue weighted by Gasteiger charge is -2.33. The molecular weight excluding hydrogens is 398 g/mol. The van der Waals surface area contributed by atoms with E-state index in [4.69, 9.17) is 5.14 Å². The first-order valence-electron chi connectivity index (χ1n) is 7.15. The van der Waals surface area contributed by atoms with Gasteiger partial charge in [0.2, 0.25) is 10.0 Å². The van der Waals surface area contributed by atoms with Crippen LogP contribution in [-0.2, 0) is 20.0 Å². The Bertz CT molecular complexity index is 776. The van der Waals surface area contributed by atoms with Gasteiger partial charge < -0.3 is 10.4 Å². The van der Waals surface area contributed by atoms with Crippen LogP contribution in [0.1, 0.15) is 31.9 Å². The van der Waals surface area contributed by atoms with Crippen molar-refractivity contribution in [3.8, 4) is 0 Å². The maximum Gasteiger partial charge on any atom is 0.253 e. The van der Waals surface area contributed by atoms with E-state index in [1.807, 2.05) is 6.92 Å². The van der Waals surface area contributed by atoms with Crippen molar-refractivity contribution in [2.45, 2.75) is 40.8 Å². The second kappa shape index (κ2) is 7.96. The van der Waals surface area contributed by atoms with Crippen molar-refractivity contribution in [2.75, 3.05) is 19.6 Å². The number of aliphatic hydroxyl groups excluding tert-OH is 1. The van der Waals surface area contributed by atoms with E-state index in [1.165, 1.54) is 17.3 Å². The number of nitrogens with two attached hydrogens (primary N) is 1. The largest absolute Gasteiger partial charge is 0.392 e. The number of sulfonamides is 2. The predicted molar refractivity (Wildman–Crippen MR) is 94.4 cm³/mol. The molecule has 4 N–H and O–H groups in total. The average Bonchev–Trinajstić information content (AvgIpc) is 2.86. The molecule has 8 nitrogen and oxygen atoms in total. The van der Waals surface area contributed by atoms with Gasteiger partial charge in [0.25, 0.3) is 10.0 Å². The molecule has 0 aromatic carbocycles. The number of nitrogens with one attached hydrogen (secondary N) is 1. The Morgan fingerprint density at radius 2 is 2.17 bits per heavy atom. The molecule has 0 amide bonds. The van der Waals surface area contributed by atoms with E-state index >= 15 is 0 Å². The van der Waals surface area contributed by atoms with Crippen LogP contribution in [-0.4, -0.2) is 52.0 Å². The van der Waals surface area contributed by atoms with E-state index in [0.29, 0.717) is 23.4 Å². The summed E-state index contributed by atoms with van der Waals surface area (Å²) >= 11 is 0.653. The number of rotatable bonds is 6. The molecule has 1 aromatic rings. The van der Waals surface area contributed by atoms with E-state index in [-0.39, 0.29) is 40.0 Å². The zero-order valence-electron chi connectivity index (χ0n) is 13.3. The fraction of sp³-hybridized carbons (Fsp3) is 0.667. The fourth-order valence-electron chi connectivity index (χ4n) is 2.43. The van der Waals surface area contributed by atoms with Crippen LogP contribution in [0.3, 0.4) is 0 Å². The SMILES string of the molecule is CCCNC1CN(CC(C)O)S(=O)(=O)c2sc(S(N)(=O)=O)cc21.Cl. The molecule has 0 aliphatic carbocycles. The molecule has 0 bridgehead atoms. The second-order valence-corrected chi connectivity index (χ2v) is 10.5. The molecule has 0 spiro atoms. The molecule has 0 saturated heterocycles. The van der Waals surface area contributed by atoms with E-state index < -0.39 is 26.2 Å². The molecule has 0 radical (unpaired) electrons. The highest BCUT2D eigenvalue weighted by molar-refractivity contribution is 7.94. The minimum absolute atomic E-state index is 0. The lowest BCUT2D eigenvalue weighted by molar-refractivity contribution is 0.157. The van der Waals surface area contributed by atoms with Gasteiger partial charge in [-0.25, -0.2) is 22.0 Å². The molecule has 2 rings (SSSR count). The molecule has 2 unspecified atom stereocenters. The third-order valence-electron chi connectivity index (χ3n) is 3.43. The Hall–Kier alpha value is -0.270. The van der Waals surface area contributed by atoms with Gasteiger partial charge in [-0.2, -0.15) is 4.31 Å². The molecular formula is C12H22ClN3O5S3. The molecule has 2 heterocycles. The normalized spacial score (nSPS) is 21.8. The quantitative estimate of drug-likeness (QED) is 0.605. The smallest absolute Gasteiger partial charge is 0.253 e. The number of aliphatic hydroxyl groups is 1. The number of thiophene rings is 1. The van der Waals surface area contributed by atoms with Crippen LogP contribution in [0.25, 0.3) is 0 Å². The van der Waals surface area contributed by atoms with Crippen LogP contribution in [0, 0.1) is 0 Å². The Labute approximate surface area is 152 Å². The van der Waals surface area contributed by atoms with Gasteiger partial charge in [0, 0.05) is 24.7 Å². The maximum absolute atomic E-state index is 12.7. The van der Waals surface area contributed by atoms with Gasteiger partial charge in [-0.3, -0.25) is 0 Å².